The van der Waals surface area contributed by atoms with Gasteiger partial charge < -0.3 is 14.9 Å². The summed E-state index contributed by atoms with van der Waals surface area (Å²) in [7, 11) is 0. The van der Waals surface area contributed by atoms with Crippen molar-refractivity contribution in [3.63, 3.8) is 0 Å². The molecule has 0 aliphatic carbocycles. The van der Waals surface area contributed by atoms with E-state index in [-0.39, 0.29) is 31.2 Å². The molecule has 0 spiro atoms. The zero-order valence-corrected chi connectivity index (χ0v) is 17.2. The maximum Gasteiger partial charge on any atom is 0.198 e. The summed E-state index contributed by atoms with van der Waals surface area (Å²) in [6.45, 7) is -0.782. The van der Waals surface area contributed by atoms with E-state index >= 15 is 0 Å². The number of carbonyl (C=O) groups excluding carboxylic acids is 1. The van der Waals surface area contributed by atoms with Gasteiger partial charge in [-0.3, -0.25) is 9.78 Å². The predicted molar refractivity (Wildman–Crippen MR) is 110 cm³/mol. The average Bonchev–Trinajstić information content (AvgIpc) is 3.02. The van der Waals surface area contributed by atoms with Crippen molar-refractivity contribution in [2.24, 2.45) is 0 Å². The molecular weight excluding hydrogens is 484 g/mol. The van der Waals surface area contributed by atoms with E-state index in [2.05, 4.69) is 27.6 Å². The van der Waals surface area contributed by atoms with Crippen LogP contribution in [0.15, 0.2) is 36.7 Å². The summed E-state index contributed by atoms with van der Waals surface area (Å²) in [5.74, 6) is -0.562. The number of rotatable bonds is 8. The first-order chi connectivity index (χ1) is 13.0. The molecule has 8 heteroatoms. The Morgan fingerprint density at radius 1 is 1.37 bits per heavy atom. The molecule has 0 saturated carbocycles. The topological polar surface area (TPSA) is 79.7 Å². The summed E-state index contributed by atoms with van der Waals surface area (Å²) in [6.07, 6.45) is 2.58. The number of benzene rings is 1. The van der Waals surface area contributed by atoms with Gasteiger partial charge in [0.2, 0.25) is 0 Å². The summed E-state index contributed by atoms with van der Waals surface area (Å²) < 4.78 is 21.2. The first-order valence-electron chi connectivity index (χ1n) is 8.18. The molecule has 0 radical (unpaired) electrons. The van der Waals surface area contributed by atoms with Gasteiger partial charge in [0.15, 0.2) is 5.78 Å². The minimum atomic E-state index is -1.02. The van der Waals surface area contributed by atoms with Crippen molar-refractivity contribution in [1.29, 1.82) is 0 Å². The lowest BCUT2D eigenvalue weighted by molar-refractivity contribution is 0.00905. The second-order valence-electron chi connectivity index (χ2n) is 5.97. The lowest BCUT2D eigenvalue weighted by Crippen LogP contribution is -2.22. The number of Topliss-reactive ketones (excluding diaryl/α,β-unsaturated/α-hetero) is 1. The molecule has 0 saturated heterocycles. The van der Waals surface area contributed by atoms with E-state index in [1.807, 2.05) is 12.1 Å². The van der Waals surface area contributed by atoms with Gasteiger partial charge in [0.25, 0.3) is 0 Å². The van der Waals surface area contributed by atoms with E-state index in [9.17, 15) is 14.3 Å². The molecule has 27 heavy (non-hydrogen) atoms. The number of fused-ring (bicyclic) bond motifs is 1. The van der Waals surface area contributed by atoms with Crippen LogP contribution in [-0.2, 0) is 11.2 Å². The molecule has 0 unspecified atom stereocenters. The number of carbonyl (C=O) groups is 1. The third-order valence-electron chi connectivity index (χ3n) is 3.98. The minimum Gasteiger partial charge on any atom is -0.394 e. The lowest BCUT2D eigenvalue weighted by atomic mass is 10.0. The van der Waals surface area contributed by atoms with Gasteiger partial charge in [-0.1, -0.05) is 6.07 Å². The van der Waals surface area contributed by atoms with Gasteiger partial charge in [-0.25, -0.2) is 4.39 Å². The zero-order valence-electron chi connectivity index (χ0n) is 14.2. The number of halogens is 2. The van der Waals surface area contributed by atoms with Crippen LogP contribution in [0, 0.1) is 9.39 Å². The maximum atomic E-state index is 14.3. The molecule has 2 aromatic heterocycles. The summed E-state index contributed by atoms with van der Waals surface area (Å²) >= 11 is 3.37. The van der Waals surface area contributed by atoms with Crippen LogP contribution in [0.4, 0.5) is 4.39 Å². The number of thiophene rings is 1. The van der Waals surface area contributed by atoms with Gasteiger partial charge >= 0.3 is 0 Å². The number of ketones is 1. The van der Waals surface area contributed by atoms with E-state index in [0.29, 0.717) is 10.4 Å². The van der Waals surface area contributed by atoms with Crippen LogP contribution in [0.1, 0.15) is 20.8 Å². The van der Waals surface area contributed by atoms with Crippen LogP contribution in [0.5, 0.6) is 0 Å². The standard InChI is InChI=1S/C19H17FINO4S/c20-16-6-12(21)2-1-11(16)5-14-15-7-22-4-3-18(15)27-19(14)17(25)10-26-9-13(24)8-23/h1-4,6-7,13,23-24H,5,8-10H2/t13-/m1/s1. The van der Waals surface area contributed by atoms with E-state index in [1.165, 1.54) is 17.4 Å². The summed E-state index contributed by atoms with van der Waals surface area (Å²) in [4.78, 5) is 17.3. The highest BCUT2D eigenvalue weighted by atomic mass is 127. The van der Waals surface area contributed by atoms with Crippen molar-refractivity contribution in [2.45, 2.75) is 12.5 Å². The summed E-state index contributed by atoms with van der Waals surface area (Å²) in [5.41, 5.74) is 1.23. The van der Waals surface area contributed by atoms with Gasteiger partial charge in [0, 0.05) is 32.5 Å². The van der Waals surface area contributed by atoms with Gasteiger partial charge in [0.1, 0.15) is 18.5 Å². The maximum absolute atomic E-state index is 14.3. The third kappa shape index (κ3) is 4.88. The Labute approximate surface area is 173 Å². The van der Waals surface area contributed by atoms with Crippen LogP contribution < -0.4 is 0 Å². The molecule has 3 aromatic rings. The SMILES string of the molecule is O=C(COC[C@H](O)CO)c1sc2ccncc2c1Cc1ccc(I)cc1F. The predicted octanol–water partition coefficient (Wildman–Crippen LogP) is 3.18. The highest BCUT2D eigenvalue weighted by Crippen LogP contribution is 2.33. The fraction of sp³-hybridized carbons (Fsp3) is 0.263. The summed E-state index contributed by atoms with van der Waals surface area (Å²) in [5, 5.41) is 19.0. The highest BCUT2D eigenvalue weighted by Gasteiger charge is 2.20. The molecule has 2 N–H and O–H groups in total. The third-order valence-corrected chi connectivity index (χ3v) is 5.91. The number of pyridine rings is 1. The number of hydrogen-bond acceptors (Lipinski definition) is 6. The van der Waals surface area contributed by atoms with Crippen LogP contribution in [0.3, 0.4) is 0 Å². The van der Waals surface area contributed by atoms with Gasteiger partial charge in [-0.2, -0.15) is 0 Å². The van der Waals surface area contributed by atoms with Crippen LogP contribution in [-0.4, -0.2) is 46.9 Å². The second kappa shape index (κ2) is 9.16. The Bertz CT molecular complexity index is 962. The van der Waals surface area contributed by atoms with E-state index in [4.69, 9.17) is 9.84 Å². The molecule has 142 valence electrons. The number of aliphatic hydroxyl groups excluding tert-OH is 2. The average molecular weight is 501 g/mol. The second-order valence-corrected chi connectivity index (χ2v) is 8.27. The van der Waals surface area contributed by atoms with Crippen molar-refractivity contribution in [1.82, 2.24) is 4.98 Å². The fourth-order valence-electron chi connectivity index (χ4n) is 2.65. The van der Waals surface area contributed by atoms with Crippen LogP contribution >= 0.6 is 33.9 Å². The Morgan fingerprint density at radius 2 is 2.19 bits per heavy atom. The molecule has 1 atom stereocenters. The largest absolute Gasteiger partial charge is 0.394 e. The van der Waals surface area contributed by atoms with Gasteiger partial charge in [-0.05, 0) is 51.9 Å². The van der Waals surface area contributed by atoms with Crippen LogP contribution in [0.25, 0.3) is 10.1 Å². The number of hydrogen-bond donors (Lipinski definition) is 2. The number of nitrogens with zero attached hydrogens (tertiary/aromatic N) is 1. The number of aromatic nitrogens is 1. The van der Waals surface area contributed by atoms with Crippen molar-refractivity contribution in [3.8, 4) is 0 Å². The molecule has 3 rings (SSSR count). The Balaban J connectivity index is 1.90. The first-order valence-corrected chi connectivity index (χ1v) is 10.1. The molecule has 2 heterocycles. The lowest BCUT2D eigenvalue weighted by Gasteiger charge is -2.09. The Kier molecular flexibility index (Phi) is 6.88. The van der Waals surface area contributed by atoms with E-state index < -0.39 is 12.7 Å². The minimum absolute atomic E-state index is 0.129. The number of ether oxygens (including phenoxy) is 1. The molecule has 0 fully saturated rings. The molecule has 0 aliphatic rings. The Hall–Kier alpha value is -1.46. The summed E-state index contributed by atoms with van der Waals surface area (Å²) in [6, 6.07) is 6.83. The van der Waals surface area contributed by atoms with Crippen molar-refractivity contribution >= 4 is 49.8 Å². The van der Waals surface area contributed by atoms with Crippen LogP contribution in [0.2, 0.25) is 0 Å². The monoisotopic (exact) mass is 501 g/mol. The van der Waals surface area contributed by atoms with Crippen molar-refractivity contribution < 1.29 is 24.1 Å². The quantitative estimate of drug-likeness (QED) is 0.366. The smallest absolute Gasteiger partial charge is 0.198 e. The Morgan fingerprint density at radius 3 is 2.93 bits per heavy atom. The molecule has 5 nitrogen and oxygen atoms in total. The van der Waals surface area contributed by atoms with Crippen molar-refractivity contribution in [2.75, 3.05) is 19.8 Å². The fourth-order valence-corrected chi connectivity index (χ4v) is 4.22. The molecular formula is C19H17FINO4S. The highest BCUT2D eigenvalue weighted by molar-refractivity contribution is 14.1. The van der Waals surface area contributed by atoms with Gasteiger partial charge in [-0.15, -0.1) is 11.3 Å². The molecule has 0 amide bonds. The normalized spacial score (nSPS) is 12.4. The zero-order chi connectivity index (χ0) is 19.4. The van der Waals surface area contributed by atoms with E-state index in [0.717, 1.165) is 19.2 Å². The first kappa shape index (κ1) is 20.3. The van der Waals surface area contributed by atoms with Gasteiger partial charge in [0.05, 0.1) is 18.1 Å². The molecule has 0 bridgehead atoms. The molecule has 1 aromatic carbocycles. The number of aliphatic hydroxyl groups is 2. The van der Waals surface area contributed by atoms with E-state index in [1.54, 1.807) is 18.5 Å². The van der Waals surface area contributed by atoms with Crippen molar-refractivity contribution in [3.05, 3.63) is 62.1 Å². The molecule has 0 aliphatic heterocycles.